The summed E-state index contributed by atoms with van der Waals surface area (Å²) in [5.41, 5.74) is 0.588. The van der Waals surface area contributed by atoms with E-state index in [1.807, 2.05) is 0 Å². The van der Waals surface area contributed by atoms with E-state index in [9.17, 15) is 13.2 Å². The first-order valence-corrected chi connectivity index (χ1v) is 10.3. The van der Waals surface area contributed by atoms with E-state index in [0.717, 1.165) is 8.64 Å². The standard InChI is InChI=1S/C10H12INO3S3/c1-18(14,15)9-6-16-3-2-12(9)10(13)7-4-8(11)17-5-7/h4-5,9H,2-3,6H2,1H3. The first-order valence-electron chi connectivity index (χ1n) is 5.21. The van der Waals surface area contributed by atoms with Gasteiger partial charge in [0.15, 0.2) is 9.84 Å². The minimum absolute atomic E-state index is 0.176. The maximum Gasteiger partial charge on any atom is 0.255 e. The van der Waals surface area contributed by atoms with Gasteiger partial charge < -0.3 is 4.90 Å². The lowest BCUT2D eigenvalue weighted by atomic mass is 10.3. The average Bonchev–Trinajstić information content (AvgIpc) is 2.74. The predicted octanol–water partition coefficient (Wildman–Crippen LogP) is 1.91. The Balaban J connectivity index is 2.27. The van der Waals surface area contributed by atoms with Gasteiger partial charge in [-0.25, -0.2) is 8.42 Å². The summed E-state index contributed by atoms with van der Waals surface area (Å²) in [5.74, 6) is 1.08. The third-order valence-corrected chi connectivity index (χ3v) is 7.09. The molecule has 2 rings (SSSR count). The largest absolute Gasteiger partial charge is 0.320 e. The predicted molar refractivity (Wildman–Crippen MR) is 84.0 cm³/mol. The zero-order valence-corrected chi connectivity index (χ0v) is 14.2. The average molecular weight is 417 g/mol. The zero-order chi connectivity index (χ0) is 13.3. The van der Waals surface area contributed by atoms with Crippen LogP contribution in [-0.4, -0.2) is 48.9 Å². The minimum atomic E-state index is -3.24. The number of amides is 1. The third-order valence-electron chi connectivity index (χ3n) is 2.65. The van der Waals surface area contributed by atoms with Crippen molar-refractivity contribution in [1.82, 2.24) is 4.90 Å². The Bertz CT molecular complexity index is 554. The summed E-state index contributed by atoms with van der Waals surface area (Å²) in [6, 6.07) is 1.80. The summed E-state index contributed by atoms with van der Waals surface area (Å²) in [6.07, 6.45) is 1.20. The number of carbonyl (C=O) groups is 1. The van der Waals surface area contributed by atoms with Crippen LogP contribution in [0.4, 0.5) is 0 Å². The molecule has 1 saturated heterocycles. The van der Waals surface area contributed by atoms with E-state index in [-0.39, 0.29) is 5.91 Å². The number of thiophene rings is 1. The molecule has 0 N–H and O–H groups in total. The second-order valence-corrected chi connectivity index (χ2v) is 10.2. The van der Waals surface area contributed by atoms with Crippen LogP contribution in [0, 0.1) is 2.88 Å². The quantitative estimate of drug-likeness (QED) is 0.691. The van der Waals surface area contributed by atoms with E-state index in [1.54, 1.807) is 23.2 Å². The van der Waals surface area contributed by atoms with Gasteiger partial charge in [0.2, 0.25) is 0 Å². The molecule has 0 bridgehead atoms. The van der Waals surface area contributed by atoms with Gasteiger partial charge in [0.1, 0.15) is 5.37 Å². The van der Waals surface area contributed by atoms with Crippen molar-refractivity contribution in [2.75, 3.05) is 24.3 Å². The molecule has 100 valence electrons. The highest BCUT2D eigenvalue weighted by atomic mass is 127. The van der Waals surface area contributed by atoms with E-state index in [4.69, 9.17) is 0 Å². The number of thioether (sulfide) groups is 1. The highest BCUT2D eigenvalue weighted by Gasteiger charge is 2.34. The molecule has 18 heavy (non-hydrogen) atoms. The lowest BCUT2D eigenvalue weighted by Gasteiger charge is -2.33. The van der Waals surface area contributed by atoms with E-state index in [0.29, 0.717) is 17.9 Å². The number of sulfone groups is 1. The fraction of sp³-hybridized carbons (Fsp3) is 0.500. The zero-order valence-electron chi connectivity index (χ0n) is 9.63. The molecule has 0 radical (unpaired) electrons. The van der Waals surface area contributed by atoms with Crippen LogP contribution in [0.3, 0.4) is 0 Å². The number of halogens is 1. The maximum absolute atomic E-state index is 12.3. The van der Waals surface area contributed by atoms with E-state index in [2.05, 4.69) is 22.6 Å². The fourth-order valence-corrected chi connectivity index (χ4v) is 5.89. The van der Waals surface area contributed by atoms with Gasteiger partial charge in [-0.05, 0) is 28.7 Å². The lowest BCUT2D eigenvalue weighted by Crippen LogP contribution is -2.49. The topological polar surface area (TPSA) is 54.5 Å². The van der Waals surface area contributed by atoms with Crippen LogP contribution in [0.1, 0.15) is 10.4 Å². The molecule has 1 aliphatic heterocycles. The molecule has 1 unspecified atom stereocenters. The van der Waals surface area contributed by atoms with Crippen molar-refractivity contribution in [3.63, 3.8) is 0 Å². The second kappa shape index (κ2) is 5.68. The summed E-state index contributed by atoms with van der Waals surface area (Å²) in [7, 11) is -3.24. The molecule has 0 aliphatic carbocycles. The van der Waals surface area contributed by atoms with Crippen LogP contribution in [0.2, 0.25) is 0 Å². The van der Waals surface area contributed by atoms with Crippen molar-refractivity contribution in [2.45, 2.75) is 5.37 Å². The Morgan fingerprint density at radius 2 is 2.28 bits per heavy atom. The summed E-state index contributed by atoms with van der Waals surface area (Å²) < 4.78 is 24.5. The Morgan fingerprint density at radius 3 is 2.83 bits per heavy atom. The Hall–Kier alpha value is 0.200. The van der Waals surface area contributed by atoms with Gasteiger partial charge in [-0.2, -0.15) is 11.8 Å². The Labute approximate surface area is 128 Å². The lowest BCUT2D eigenvalue weighted by molar-refractivity contribution is 0.0750. The van der Waals surface area contributed by atoms with Crippen molar-refractivity contribution in [3.8, 4) is 0 Å². The van der Waals surface area contributed by atoms with E-state index >= 15 is 0 Å². The molecule has 4 nitrogen and oxygen atoms in total. The maximum atomic E-state index is 12.3. The number of carbonyl (C=O) groups excluding carboxylic acids is 1. The van der Waals surface area contributed by atoms with Crippen LogP contribution in [0.25, 0.3) is 0 Å². The first kappa shape index (κ1) is 14.6. The van der Waals surface area contributed by atoms with Gasteiger partial charge in [-0.1, -0.05) is 0 Å². The van der Waals surface area contributed by atoms with Gasteiger partial charge in [0.25, 0.3) is 5.91 Å². The van der Waals surface area contributed by atoms with Crippen molar-refractivity contribution in [3.05, 3.63) is 19.9 Å². The highest BCUT2D eigenvalue weighted by Crippen LogP contribution is 2.24. The molecule has 1 atom stereocenters. The van der Waals surface area contributed by atoms with Crippen LogP contribution in [-0.2, 0) is 9.84 Å². The summed E-state index contributed by atoms with van der Waals surface area (Å²) in [6.45, 7) is 0.494. The van der Waals surface area contributed by atoms with Gasteiger partial charge in [-0.3, -0.25) is 4.79 Å². The van der Waals surface area contributed by atoms with Crippen LogP contribution < -0.4 is 0 Å². The molecule has 0 saturated carbocycles. The molecule has 1 aromatic rings. The first-order chi connectivity index (χ1) is 8.39. The van der Waals surface area contributed by atoms with Crippen LogP contribution in [0.5, 0.6) is 0 Å². The Kier molecular flexibility index (Phi) is 4.61. The normalized spacial score (nSPS) is 21.0. The summed E-state index contributed by atoms with van der Waals surface area (Å²) >= 11 is 5.22. The molecule has 0 aromatic carbocycles. The molecule has 1 aliphatic rings. The molecule has 1 aromatic heterocycles. The monoisotopic (exact) mass is 417 g/mol. The van der Waals surface area contributed by atoms with Gasteiger partial charge >= 0.3 is 0 Å². The smallest absolute Gasteiger partial charge is 0.255 e. The van der Waals surface area contributed by atoms with Crippen LogP contribution >= 0.6 is 45.7 Å². The summed E-state index contributed by atoms with van der Waals surface area (Å²) in [5, 5.41) is 1.09. The number of rotatable bonds is 2. The van der Waals surface area contributed by atoms with Gasteiger partial charge in [0.05, 0.1) is 8.45 Å². The van der Waals surface area contributed by atoms with Gasteiger partial charge in [0, 0.05) is 29.7 Å². The number of hydrogen-bond acceptors (Lipinski definition) is 5. The van der Waals surface area contributed by atoms with Crippen molar-refractivity contribution < 1.29 is 13.2 Å². The number of nitrogens with zero attached hydrogens (tertiary/aromatic N) is 1. The SMILES string of the molecule is CS(=O)(=O)C1CSCCN1C(=O)c1csc(I)c1. The van der Waals surface area contributed by atoms with E-state index in [1.165, 1.54) is 22.5 Å². The molecule has 1 amide bonds. The highest BCUT2D eigenvalue weighted by molar-refractivity contribution is 14.1. The molecule has 0 spiro atoms. The van der Waals surface area contributed by atoms with Crippen molar-refractivity contribution >= 4 is 61.4 Å². The van der Waals surface area contributed by atoms with E-state index < -0.39 is 15.2 Å². The second-order valence-electron chi connectivity index (χ2n) is 4.00. The van der Waals surface area contributed by atoms with Crippen LogP contribution in [0.15, 0.2) is 11.4 Å². The molecular weight excluding hydrogens is 405 g/mol. The molecule has 2 heterocycles. The molecule has 8 heteroatoms. The molecular formula is C10H12INO3S3. The fourth-order valence-electron chi connectivity index (χ4n) is 1.76. The van der Waals surface area contributed by atoms with Crippen molar-refractivity contribution in [2.24, 2.45) is 0 Å². The minimum Gasteiger partial charge on any atom is -0.320 e. The Morgan fingerprint density at radius 1 is 1.56 bits per heavy atom. The number of hydrogen-bond donors (Lipinski definition) is 0. The third kappa shape index (κ3) is 3.20. The van der Waals surface area contributed by atoms with Gasteiger partial charge in [-0.15, -0.1) is 11.3 Å². The summed E-state index contributed by atoms with van der Waals surface area (Å²) in [4.78, 5) is 13.8. The van der Waals surface area contributed by atoms with Crippen molar-refractivity contribution in [1.29, 1.82) is 0 Å². The molecule has 1 fully saturated rings.